The van der Waals surface area contributed by atoms with Crippen LogP contribution in [0.1, 0.15) is 0 Å². The Balaban J connectivity index is 1.14. The van der Waals surface area contributed by atoms with Gasteiger partial charge in [0, 0.05) is 27.5 Å². The molecule has 0 N–H and O–H groups in total. The number of nitrogens with zero attached hydrogens (tertiary/aromatic N) is 3. The lowest BCUT2D eigenvalue weighted by Crippen LogP contribution is -2.00. The van der Waals surface area contributed by atoms with Gasteiger partial charge in [0.1, 0.15) is 11.2 Å². The number of rotatable bonds is 5. The summed E-state index contributed by atoms with van der Waals surface area (Å²) in [5.41, 5.74) is 9.04. The predicted molar refractivity (Wildman–Crippen MR) is 209 cm³/mol. The van der Waals surface area contributed by atoms with Gasteiger partial charge in [0.05, 0.1) is 0 Å². The second-order valence-electron chi connectivity index (χ2n) is 12.8. The first-order valence-electron chi connectivity index (χ1n) is 17.1. The molecule has 2 heterocycles. The third-order valence-corrected chi connectivity index (χ3v) is 9.71. The highest BCUT2D eigenvalue weighted by molar-refractivity contribution is 6.15. The molecule has 4 nitrogen and oxygen atoms in total. The normalized spacial score (nSPS) is 11.5. The van der Waals surface area contributed by atoms with Crippen molar-refractivity contribution in [3.05, 3.63) is 176 Å². The Morgan fingerprint density at radius 1 is 0.314 bits per heavy atom. The summed E-state index contributed by atoms with van der Waals surface area (Å²) in [5.74, 6) is 1.88. The third-order valence-electron chi connectivity index (χ3n) is 9.71. The van der Waals surface area contributed by atoms with Gasteiger partial charge < -0.3 is 4.42 Å². The van der Waals surface area contributed by atoms with Gasteiger partial charge in [-0.25, -0.2) is 15.0 Å². The number of fused-ring (bicyclic) bond motifs is 5. The van der Waals surface area contributed by atoms with Crippen LogP contribution in [0.25, 0.3) is 99.9 Å². The molecule has 238 valence electrons. The van der Waals surface area contributed by atoms with Gasteiger partial charge in [0.15, 0.2) is 17.5 Å². The van der Waals surface area contributed by atoms with E-state index in [9.17, 15) is 0 Å². The van der Waals surface area contributed by atoms with E-state index in [2.05, 4.69) is 127 Å². The molecule has 0 unspecified atom stereocenters. The quantitative estimate of drug-likeness (QED) is 0.186. The van der Waals surface area contributed by atoms with Gasteiger partial charge in [-0.1, -0.05) is 146 Å². The Kier molecular flexibility index (Phi) is 6.78. The lowest BCUT2D eigenvalue weighted by atomic mass is 9.92. The monoisotopic (exact) mass is 651 g/mol. The molecule has 10 rings (SSSR count). The number of aromatic nitrogens is 3. The molecule has 0 amide bonds. The van der Waals surface area contributed by atoms with E-state index in [0.29, 0.717) is 17.5 Å². The first-order valence-corrected chi connectivity index (χ1v) is 17.1. The summed E-state index contributed by atoms with van der Waals surface area (Å²) in [5, 5.41) is 6.91. The van der Waals surface area contributed by atoms with Crippen molar-refractivity contribution in [2.45, 2.75) is 0 Å². The van der Waals surface area contributed by atoms with E-state index >= 15 is 0 Å². The van der Waals surface area contributed by atoms with Crippen molar-refractivity contribution in [3.8, 4) is 56.4 Å². The van der Waals surface area contributed by atoms with Crippen LogP contribution in [0.5, 0.6) is 0 Å². The highest BCUT2D eigenvalue weighted by Crippen LogP contribution is 2.41. The molecule has 0 fully saturated rings. The zero-order chi connectivity index (χ0) is 33.7. The van der Waals surface area contributed by atoms with Crippen molar-refractivity contribution < 1.29 is 4.42 Å². The first kappa shape index (κ1) is 29.0. The summed E-state index contributed by atoms with van der Waals surface area (Å²) >= 11 is 0. The average Bonchev–Trinajstić information content (AvgIpc) is 3.60. The van der Waals surface area contributed by atoms with Crippen LogP contribution in [0.3, 0.4) is 0 Å². The maximum absolute atomic E-state index is 6.29. The molecular weight excluding hydrogens is 623 g/mol. The number of furan rings is 1. The van der Waals surface area contributed by atoms with Crippen LogP contribution >= 0.6 is 0 Å². The van der Waals surface area contributed by atoms with Crippen LogP contribution in [0.15, 0.2) is 180 Å². The summed E-state index contributed by atoms with van der Waals surface area (Å²) in [6.07, 6.45) is 0. The molecule has 8 aromatic carbocycles. The summed E-state index contributed by atoms with van der Waals surface area (Å²) in [6.45, 7) is 0. The average molecular weight is 652 g/mol. The molecule has 0 saturated carbocycles. The topological polar surface area (TPSA) is 51.8 Å². The van der Waals surface area contributed by atoms with Crippen molar-refractivity contribution >= 4 is 43.5 Å². The summed E-state index contributed by atoms with van der Waals surface area (Å²) in [7, 11) is 0. The summed E-state index contributed by atoms with van der Waals surface area (Å²) in [4.78, 5) is 15.3. The van der Waals surface area contributed by atoms with E-state index in [1.165, 1.54) is 16.3 Å². The maximum atomic E-state index is 6.29. The Labute approximate surface area is 294 Å². The lowest BCUT2D eigenvalue weighted by molar-refractivity contribution is 0.669. The van der Waals surface area contributed by atoms with Crippen LogP contribution in [0, 0.1) is 0 Å². The van der Waals surface area contributed by atoms with Crippen molar-refractivity contribution in [2.24, 2.45) is 0 Å². The fourth-order valence-corrected chi connectivity index (χ4v) is 7.19. The number of benzene rings is 8. The zero-order valence-electron chi connectivity index (χ0n) is 27.5. The molecule has 0 aliphatic heterocycles. The molecule has 0 aliphatic carbocycles. The molecule has 0 radical (unpaired) electrons. The van der Waals surface area contributed by atoms with E-state index in [0.717, 1.165) is 66.1 Å². The van der Waals surface area contributed by atoms with Crippen molar-refractivity contribution in [3.63, 3.8) is 0 Å². The van der Waals surface area contributed by atoms with Gasteiger partial charge in [0.25, 0.3) is 0 Å². The summed E-state index contributed by atoms with van der Waals surface area (Å²) in [6, 6.07) is 61.1. The molecule has 2 aromatic heterocycles. The van der Waals surface area contributed by atoms with Gasteiger partial charge >= 0.3 is 0 Å². The maximum Gasteiger partial charge on any atom is 0.164 e. The number of hydrogen-bond donors (Lipinski definition) is 0. The van der Waals surface area contributed by atoms with Crippen LogP contribution in [-0.2, 0) is 0 Å². The molecule has 0 bridgehead atoms. The SMILES string of the molecule is c1ccc(-c2nc(-c3ccc(-c4ccc5ccccc5c4)cc3)nc(-c3cc(-c4cccc5oc6ccccc6c45)c4ccccc4c3)n2)cc1. The van der Waals surface area contributed by atoms with E-state index in [1.807, 2.05) is 48.5 Å². The smallest absolute Gasteiger partial charge is 0.164 e. The number of hydrogen-bond acceptors (Lipinski definition) is 4. The minimum Gasteiger partial charge on any atom is -0.456 e. The van der Waals surface area contributed by atoms with Crippen LogP contribution < -0.4 is 0 Å². The van der Waals surface area contributed by atoms with Gasteiger partial charge in [0.2, 0.25) is 0 Å². The zero-order valence-corrected chi connectivity index (χ0v) is 27.5. The fourth-order valence-electron chi connectivity index (χ4n) is 7.19. The highest BCUT2D eigenvalue weighted by Gasteiger charge is 2.18. The Bertz CT molecular complexity index is 2910. The lowest BCUT2D eigenvalue weighted by Gasteiger charge is -2.13. The molecule has 51 heavy (non-hydrogen) atoms. The molecule has 4 heteroatoms. The van der Waals surface area contributed by atoms with E-state index < -0.39 is 0 Å². The minimum absolute atomic E-state index is 0.619. The molecule has 0 atom stereocenters. The third kappa shape index (κ3) is 5.13. The predicted octanol–water partition coefficient (Wildman–Crippen LogP) is 12.4. The fraction of sp³-hybridized carbons (Fsp3) is 0. The molecular formula is C47H29N3O. The van der Waals surface area contributed by atoms with Crippen molar-refractivity contribution in [1.29, 1.82) is 0 Å². The first-order chi connectivity index (χ1) is 25.2. The van der Waals surface area contributed by atoms with E-state index in [-0.39, 0.29) is 0 Å². The van der Waals surface area contributed by atoms with Gasteiger partial charge in [-0.2, -0.15) is 0 Å². The van der Waals surface area contributed by atoms with Gasteiger partial charge in [-0.15, -0.1) is 0 Å². The second-order valence-corrected chi connectivity index (χ2v) is 12.8. The van der Waals surface area contributed by atoms with Gasteiger partial charge in [-0.3, -0.25) is 0 Å². The highest BCUT2D eigenvalue weighted by atomic mass is 16.3. The van der Waals surface area contributed by atoms with Crippen LogP contribution in [-0.4, -0.2) is 15.0 Å². The number of para-hydroxylation sites is 1. The van der Waals surface area contributed by atoms with Crippen molar-refractivity contribution in [1.82, 2.24) is 15.0 Å². The standard InChI is InChI=1S/C47H29N3O/c1-2-12-32(13-3-1)45-48-46(33-24-21-31(22-25-33)35-26-23-30-11-4-5-14-34(30)27-35)50-47(49-45)37-28-36-15-6-7-16-38(36)41(29-37)39-18-10-20-43-44(39)40-17-8-9-19-42(40)51-43/h1-29H. The Morgan fingerprint density at radius 2 is 0.882 bits per heavy atom. The summed E-state index contributed by atoms with van der Waals surface area (Å²) < 4.78 is 6.29. The van der Waals surface area contributed by atoms with Gasteiger partial charge in [-0.05, 0) is 74.1 Å². The van der Waals surface area contributed by atoms with E-state index in [4.69, 9.17) is 19.4 Å². The van der Waals surface area contributed by atoms with Crippen molar-refractivity contribution in [2.75, 3.05) is 0 Å². The van der Waals surface area contributed by atoms with Crippen LogP contribution in [0.4, 0.5) is 0 Å². The molecule has 0 spiro atoms. The molecule has 10 aromatic rings. The second kappa shape index (κ2) is 11.9. The minimum atomic E-state index is 0.619. The molecule has 0 saturated heterocycles. The Hall–Kier alpha value is -6.91. The molecule has 0 aliphatic rings. The Morgan fingerprint density at radius 3 is 1.69 bits per heavy atom. The largest absolute Gasteiger partial charge is 0.456 e. The van der Waals surface area contributed by atoms with Crippen LogP contribution in [0.2, 0.25) is 0 Å². The van der Waals surface area contributed by atoms with E-state index in [1.54, 1.807) is 0 Å².